The van der Waals surface area contributed by atoms with Gasteiger partial charge in [0.15, 0.2) is 6.29 Å². The van der Waals surface area contributed by atoms with Gasteiger partial charge in [0.2, 0.25) is 0 Å². The molecule has 1 unspecified atom stereocenters. The molecule has 0 amide bonds. The van der Waals surface area contributed by atoms with Crippen molar-refractivity contribution in [3.05, 3.63) is 60.4 Å². The molecule has 5 nitrogen and oxygen atoms in total. The normalized spacial score (nSPS) is 26.6. The van der Waals surface area contributed by atoms with Gasteiger partial charge in [0.1, 0.15) is 17.9 Å². The van der Waals surface area contributed by atoms with Gasteiger partial charge < -0.3 is 14.2 Å². The molecule has 27 heavy (non-hydrogen) atoms. The number of rotatable bonds is 8. The van der Waals surface area contributed by atoms with Crippen LogP contribution in [-0.2, 0) is 25.6 Å². The smallest absolute Gasteiger partial charge is 0.177 e. The zero-order valence-electron chi connectivity index (χ0n) is 16.6. The SMILES string of the molecule is C=CC1OC[C@H]([C@H]2C(OCC[Si](C)(C)C)=CCON2Cc2ccccc2)O1. The van der Waals surface area contributed by atoms with Crippen LogP contribution in [0, 0.1) is 0 Å². The summed E-state index contributed by atoms with van der Waals surface area (Å²) in [6.45, 7) is 13.2. The highest BCUT2D eigenvalue weighted by molar-refractivity contribution is 6.76. The van der Waals surface area contributed by atoms with Crippen LogP contribution in [0.15, 0.2) is 54.8 Å². The van der Waals surface area contributed by atoms with E-state index >= 15 is 0 Å². The highest BCUT2D eigenvalue weighted by Gasteiger charge is 2.40. The van der Waals surface area contributed by atoms with E-state index in [1.54, 1.807) is 6.08 Å². The van der Waals surface area contributed by atoms with E-state index in [2.05, 4.69) is 38.4 Å². The Labute approximate surface area is 163 Å². The average Bonchev–Trinajstić information content (AvgIpc) is 3.10. The lowest BCUT2D eigenvalue weighted by atomic mass is 10.1. The first kappa shape index (κ1) is 20.3. The molecule has 0 spiro atoms. The van der Waals surface area contributed by atoms with Crippen LogP contribution in [0.5, 0.6) is 0 Å². The molecule has 1 fully saturated rings. The Bertz CT molecular complexity index is 643. The molecule has 0 radical (unpaired) electrons. The second-order valence-electron chi connectivity index (χ2n) is 8.18. The molecule has 1 aromatic rings. The molecule has 3 rings (SSSR count). The fourth-order valence-corrected chi connectivity index (χ4v) is 3.90. The number of hydroxylamine groups is 2. The molecule has 1 saturated heterocycles. The minimum atomic E-state index is -1.16. The largest absolute Gasteiger partial charge is 0.497 e. The molecule has 2 aliphatic rings. The lowest BCUT2D eigenvalue weighted by molar-refractivity contribution is -0.215. The van der Waals surface area contributed by atoms with Gasteiger partial charge in [-0.1, -0.05) is 56.6 Å². The fourth-order valence-electron chi connectivity index (χ4n) is 3.18. The number of ether oxygens (including phenoxy) is 3. The Morgan fingerprint density at radius 1 is 1.26 bits per heavy atom. The predicted molar refractivity (Wildman–Crippen MR) is 109 cm³/mol. The summed E-state index contributed by atoms with van der Waals surface area (Å²) in [4.78, 5) is 5.98. The third kappa shape index (κ3) is 5.76. The van der Waals surface area contributed by atoms with E-state index in [1.165, 1.54) is 5.56 Å². The van der Waals surface area contributed by atoms with Crippen LogP contribution in [0.4, 0.5) is 0 Å². The van der Waals surface area contributed by atoms with Gasteiger partial charge >= 0.3 is 0 Å². The molecule has 1 aromatic carbocycles. The van der Waals surface area contributed by atoms with E-state index in [0.29, 0.717) is 19.8 Å². The molecule has 6 heteroatoms. The van der Waals surface area contributed by atoms with Crippen molar-refractivity contribution in [1.29, 1.82) is 0 Å². The number of benzene rings is 1. The maximum atomic E-state index is 6.23. The van der Waals surface area contributed by atoms with Gasteiger partial charge in [-0.15, -0.1) is 0 Å². The zero-order valence-corrected chi connectivity index (χ0v) is 17.6. The summed E-state index contributed by atoms with van der Waals surface area (Å²) in [7, 11) is -1.16. The van der Waals surface area contributed by atoms with Crippen LogP contribution in [0.3, 0.4) is 0 Å². The van der Waals surface area contributed by atoms with Gasteiger partial charge in [-0.05, 0) is 23.8 Å². The number of nitrogens with zero attached hydrogens (tertiary/aromatic N) is 1. The third-order valence-corrected chi connectivity index (χ3v) is 6.41. The van der Waals surface area contributed by atoms with Crippen LogP contribution < -0.4 is 0 Å². The van der Waals surface area contributed by atoms with E-state index in [-0.39, 0.29) is 18.4 Å². The first-order chi connectivity index (χ1) is 13.0. The second kappa shape index (κ2) is 9.17. The first-order valence-corrected chi connectivity index (χ1v) is 13.3. The molecule has 2 heterocycles. The Morgan fingerprint density at radius 2 is 2.04 bits per heavy atom. The summed E-state index contributed by atoms with van der Waals surface area (Å²) in [5.74, 6) is 0.925. The summed E-state index contributed by atoms with van der Waals surface area (Å²) in [6, 6.07) is 11.3. The summed E-state index contributed by atoms with van der Waals surface area (Å²) < 4.78 is 17.9. The van der Waals surface area contributed by atoms with Crippen molar-refractivity contribution in [2.45, 2.75) is 50.7 Å². The van der Waals surface area contributed by atoms with E-state index in [4.69, 9.17) is 19.0 Å². The van der Waals surface area contributed by atoms with Crippen LogP contribution in [0.2, 0.25) is 25.7 Å². The highest BCUT2D eigenvalue weighted by Crippen LogP contribution is 2.29. The van der Waals surface area contributed by atoms with Crippen LogP contribution in [0.1, 0.15) is 5.56 Å². The minimum Gasteiger partial charge on any atom is -0.497 e. The Kier molecular flexibility index (Phi) is 6.89. The molecular formula is C21H31NO4Si. The molecule has 0 aromatic heterocycles. The third-order valence-electron chi connectivity index (χ3n) is 4.71. The first-order valence-electron chi connectivity index (χ1n) is 9.62. The standard InChI is InChI=1S/C21H31NO4Si/c1-5-20-24-16-19(26-20)21-18(23-13-14-27(2,3)4)11-12-25-22(21)15-17-9-7-6-8-10-17/h5-11,19-21H,1,12-16H2,2-4H3/t19-,20?,21-/m1/s1. The minimum absolute atomic E-state index is 0.134. The second-order valence-corrected chi connectivity index (χ2v) is 13.8. The van der Waals surface area contributed by atoms with Gasteiger partial charge in [0.05, 0.1) is 26.4 Å². The summed E-state index contributed by atoms with van der Waals surface area (Å²) in [5.41, 5.74) is 1.19. The quantitative estimate of drug-likeness (QED) is 0.497. The van der Waals surface area contributed by atoms with E-state index in [0.717, 1.165) is 18.4 Å². The van der Waals surface area contributed by atoms with Gasteiger partial charge in [0, 0.05) is 8.07 Å². The molecular weight excluding hydrogens is 358 g/mol. The molecule has 3 atom stereocenters. The van der Waals surface area contributed by atoms with Crippen LogP contribution in [0.25, 0.3) is 0 Å². The van der Waals surface area contributed by atoms with Crippen molar-refractivity contribution in [3.8, 4) is 0 Å². The maximum absolute atomic E-state index is 6.23. The summed E-state index contributed by atoms with van der Waals surface area (Å²) in [6.07, 6.45) is 3.18. The molecule has 0 bridgehead atoms. The van der Waals surface area contributed by atoms with E-state index in [1.807, 2.05) is 29.3 Å². The fraction of sp³-hybridized carbons (Fsp3) is 0.524. The Balaban J connectivity index is 1.74. The summed E-state index contributed by atoms with van der Waals surface area (Å²) >= 11 is 0. The van der Waals surface area contributed by atoms with Crippen molar-refractivity contribution >= 4 is 8.07 Å². The van der Waals surface area contributed by atoms with Crippen LogP contribution >= 0.6 is 0 Å². The number of hydrogen-bond donors (Lipinski definition) is 0. The van der Waals surface area contributed by atoms with Crippen molar-refractivity contribution in [2.24, 2.45) is 0 Å². The van der Waals surface area contributed by atoms with Gasteiger partial charge in [-0.2, -0.15) is 5.06 Å². The molecule has 0 aliphatic carbocycles. The van der Waals surface area contributed by atoms with Crippen molar-refractivity contribution in [3.63, 3.8) is 0 Å². The molecule has 2 aliphatic heterocycles. The Hall–Kier alpha value is -1.44. The highest BCUT2D eigenvalue weighted by atomic mass is 28.3. The van der Waals surface area contributed by atoms with Crippen molar-refractivity contribution in [1.82, 2.24) is 5.06 Å². The molecule has 148 valence electrons. The maximum Gasteiger partial charge on any atom is 0.177 e. The zero-order chi connectivity index (χ0) is 19.3. The monoisotopic (exact) mass is 389 g/mol. The van der Waals surface area contributed by atoms with Gasteiger partial charge in [-0.25, -0.2) is 0 Å². The van der Waals surface area contributed by atoms with Gasteiger partial charge in [-0.3, -0.25) is 4.84 Å². The Morgan fingerprint density at radius 3 is 2.70 bits per heavy atom. The number of hydrogen-bond acceptors (Lipinski definition) is 5. The predicted octanol–water partition coefficient (Wildman–Crippen LogP) is 3.97. The topological polar surface area (TPSA) is 40.2 Å². The lowest BCUT2D eigenvalue weighted by Gasteiger charge is -2.37. The van der Waals surface area contributed by atoms with Crippen LogP contribution in [-0.4, -0.2) is 51.4 Å². The average molecular weight is 390 g/mol. The molecule has 0 N–H and O–H groups in total. The van der Waals surface area contributed by atoms with E-state index < -0.39 is 8.07 Å². The van der Waals surface area contributed by atoms with E-state index in [9.17, 15) is 0 Å². The summed E-state index contributed by atoms with van der Waals surface area (Å²) in [5, 5.41) is 1.97. The van der Waals surface area contributed by atoms with Crippen molar-refractivity contribution in [2.75, 3.05) is 19.8 Å². The van der Waals surface area contributed by atoms with Gasteiger partial charge in [0.25, 0.3) is 0 Å². The lowest BCUT2D eigenvalue weighted by Crippen LogP contribution is -2.48. The molecule has 0 saturated carbocycles. The van der Waals surface area contributed by atoms with Crippen molar-refractivity contribution < 1.29 is 19.0 Å².